The molecule has 0 saturated heterocycles. The number of carbonyl (C=O) groups is 2. The first-order chi connectivity index (χ1) is 7.02. The van der Waals surface area contributed by atoms with Gasteiger partial charge in [-0.3, -0.25) is 9.59 Å². The smallest absolute Gasteiger partial charge is 0.276 e. The second-order valence-electron chi connectivity index (χ2n) is 2.48. The van der Waals surface area contributed by atoms with Gasteiger partial charge in [-0.05, 0) is 5.56 Å². The molecule has 2 amide bonds. The summed E-state index contributed by atoms with van der Waals surface area (Å²) in [6.45, 7) is 0.545. The molecule has 1 aromatic carbocycles. The first kappa shape index (κ1) is 18.6. The summed E-state index contributed by atoms with van der Waals surface area (Å²) >= 11 is 6.68. The van der Waals surface area contributed by atoms with Crippen LogP contribution in [-0.4, -0.2) is 10.5 Å². The maximum atomic E-state index is 10.4. The average Bonchev–Trinajstić information content (AvgIpc) is 2.15. The summed E-state index contributed by atoms with van der Waals surface area (Å²) in [4.78, 5) is 19.5. The van der Waals surface area contributed by atoms with Crippen LogP contribution in [0.1, 0.15) is 5.56 Å². The molecule has 0 aliphatic carbocycles. The van der Waals surface area contributed by atoms with Gasteiger partial charge in [-0.2, -0.15) is 0 Å². The van der Waals surface area contributed by atoms with Crippen LogP contribution in [0.4, 0.5) is 9.59 Å². The van der Waals surface area contributed by atoms with E-state index in [2.05, 4.69) is 36.3 Å². The van der Waals surface area contributed by atoms with Gasteiger partial charge in [0.05, 0.1) is 0 Å². The number of thiol groups is 2. The number of hydrogen-bond acceptors (Lipinski definition) is 2. The third kappa shape index (κ3) is 14.2. The normalized spacial score (nSPS) is 7.88. The van der Waals surface area contributed by atoms with Gasteiger partial charge in [-0.15, -0.1) is 0 Å². The van der Waals surface area contributed by atoms with Crippen LogP contribution >= 0.6 is 25.3 Å². The molecular formula is C9H12N2NdO2S2. The van der Waals surface area contributed by atoms with Gasteiger partial charge in [0.1, 0.15) is 0 Å². The molecule has 0 radical (unpaired) electrons. The molecule has 0 aromatic heterocycles. The SMILES string of the molecule is NC(=O)S.O=C(S)NCc1ccccc1.[Nd]. The monoisotopic (exact) mass is 386 g/mol. The minimum Gasteiger partial charge on any atom is -0.361 e. The second-order valence-corrected chi connectivity index (χ2v) is 3.33. The number of carbonyl (C=O) groups excluding carboxylic acids is 2. The quantitative estimate of drug-likeness (QED) is 0.584. The molecule has 7 heteroatoms. The molecule has 0 bridgehead atoms. The van der Waals surface area contributed by atoms with Crippen LogP contribution in [0, 0.1) is 40.8 Å². The maximum absolute atomic E-state index is 10.4. The van der Waals surface area contributed by atoms with E-state index >= 15 is 0 Å². The maximum Gasteiger partial charge on any atom is 0.276 e. The summed E-state index contributed by atoms with van der Waals surface area (Å²) in [6.07, 6.45) is 0. The Kier molecular flexibility index (Phi) is 13.6. The van der Waals surface area contributed by atoms with Crippen LogP contribution < -0.4 is 11.1 Å². The van der Waals surface area contributed by atoms with Gasteiger partial charge in [0.25, 0.3) is 10.5 Å². The van der Waals surface area contributed by atoms with Gasteiger partial charge >= 0.3 is 0 Å². The van der Waals surface area contributed by atoms with E-state index in [4.69, 9.17) is 4.79 Å². The first-order valence-corrected chi connectivity index (χ1v) is 4.91. The van der Waals surface area contributed by atoms with Gasteiger partial charge in [0.2, 0.25) is 0 Å². The molecule has 0 aliphatic heterocycles. The molecule has 0 unspecified atom stereocenters. The average molecular weight is 389 g/mol. The van der Waals surface area contributed by atoms with Crippen LogP contribution in [0.25, 0.3) is 0 Å². The number of hydrogen-bond donors (Lipinski definition) is 4. The fourth-order valence-corrected chi connectivity index (χ4v) is 0.853. The molecule has 1 rings (SSSR count). The Morgan fingerprint density at radius 2 is 1.62 bits per heavy atom. The molecular weight excluding hydrogens is 376 g/mol. The number of nitrogens with one attached hydrogen (secondary N) is 1. The van der Waals surface area contributed by atoms with Crippen molar-refractivity contribution in [1.82, 2.24) is 5.32 Å². The third-order valence-corrected chi connectivity index (χ3v) is 1.44. The Morgan fingerprint density at radius 1 is 1.19 bits per heavy atom. The molecule has 1 aromatic rings. The van der Waals surface area contributed by atoms with Gasteiger partial charge in [0.15, 0.2) is 0 Å². The van der Waals surface area contributed by atoms with Crippen molar-refractivity contribution in [2.45, 2.75) is 6.54 Å². The van der Waals surface area contributed by atoms with Gasteiger partial charge < -0.3 is 11.1 Å². The van der Waals surface area contributed by atoms with Gasteiger partial charge in [0, 0.05) is 47.4 Å². The van der Waals surface area contributed by atoms with E-state index < -0.39 is 5.24 Å². The molecule has 0 atom stereocenters. The molecule has 4 nitrogen and oxygen atoms in total. The van der Waals surface area contributed by atoms with Crippen molar-refractivity contribution in [2.24, 2.45) is 5.73 Å². The van der Waals surface area contributed by atoms with Crippen LogP contribution in [0.5, 0.6) is 0 Å². The number of primary amides is 1. The Balaban J connectivity index is 0. The summed E-state index contributed by atoms with van der Waals surface area (Å²) in [5.41, 5.74) is 5.42. The molecule has 0 spiro atoms. The van der Waals surface area contributed by atoms with E-state index in [0.29, 0.717) is 6.54 Å². The number of benzene rings is 1. The first-order valence-electron chi connectivity index (χ1n) is 4.01. The second kappa shape index (κ2) is 11.7. The van der Waals surface area contributed by atoms with E-state index in [0.717, 1.165) is 5.56 Å². The Labute approximate surface area is 138 Å². The van der Waals surface area contributed by atoms with Crippen molar-refractivity contribution in [1.29, 1.82) is 0 Å². The number of amides is 2. The van der Waals surface area contributed by atoms with Gasteiger partial charge in [-0.1, -0.05) is 55.6 Å². The van der Waals surface area contributed by atoms with Crippen molar-refractivity contribution in [3.05, 3.63) is 35.9 Å². The zero-order chi connectivity index (χ0) is 11.7. The Morgan fingerprint density at radius 3 is 2.00 bits per heavy atom. The molecule has 0 heterocycles. The van der Waals surface area contributed by atoms with E-state index in [1.165, 1.54) is 0 Å². The zero-order valence-electron chi connectivity index (χ0n) is 8.38. The summed E-state index contributed by atoms with van der Waals surface area (Å²) < 4.78 is 0. The van der Waals surface area contributed by atoms with Crippen LogP contribution in [0.2, 0.25) is 0 Å². The molecule has 0 fully saturated rings. The molecule has 86 valence electrons. The summed E-state index contributed by atoms with van der Waals surface area (Å²) in [5.74, 6) is 0. The van der Waals surface area contributed by atoms with Crippen molar-refractivity contribution in [3.8, 4) is 0 Å². The predicted octanol–water partition coefficient (Wildman–Crippen LogP) is 1.82. The minimum absolute atomic E-state index is 0. The molecule has 16 heavy (non-hydrogen) atoms. The molecule has 0 saturated carbocycles. The van der Waals surface area contributed by atoms with Crippen molar-refractivity contribution >= 4 is 35.7 Å². The fourth-order valence-electron chi connectivity index (χ4n) is 0.774. The Bertz CT molecular complexity index is 319. The van der Waals surface area contributed by atoms with E-state index in [9.17, 15) is 4.79 Å². The van der Waals surface area contributed by atoms with E-state index in [-0.39, 0.29) is 46.1 Å². The van der Waals surface area contributed by atoms with Crippen molar-refractivity contribution in [3.63, 3.8) is 0 Å². The van der Waals surface area contributed by atoms with E-state index in [1.807, 2.05) is 30.3 Å². The summed E-state index contributed by atoms with van der Waals surface area (Å²) in [7, 11) is 0. The topological polar surface area (TPSA) is 72.2 Å². The number of rotatable bonds is 2. The van der Waals surface area contributed by atoms with Crippen molar-refractivity contribution in [2.75, 3.05) is 0 Å². The molecule has 0 aliphatic rings. The third-order valence-electron chi connectivity index (χ3n) is 1.29. The number of nitrogens with two attached hydrogens (primary N) is 1. The standard InChI is InChI=1S/C8H9NOS.CH3NOS.Nd/c10-8(11)9-6-7-4-2-1-3-5-7;2-1(3)4;/h1-5H,6H2,(H2,9,10,11);(H3,2,3,4);. The molecule has 3 N–H and O–H groups in total. The summed E-state index contributed by atoms with van der Waals surface area (Å²) in [5, 5.41) is 1.65. The van der Waals surface area contributed by atoms with Gasteiger partial charge in [-0.25, -0.2) is 0 Å². The predicted molar refractivity (Wildman–Crippen MR) is 66.2 cm³/mol. The van der Waals surface area contributed by atoms with Crippen molar-refractivity contribution < 1.29 is 50.4 Å². The fraction of sp³-hybridized carbons (Fsp3) is 0.111. The van der Waals surface area contributed by atoms with Crippen LogP contribution in [0.3, 0.4) is 0 Å². The van der Waals surface area contributed by atoms with Crippen LogP contribution in [0.15, 0.2) is 30.3 Å². The summed E-state index contributed by atoms with van der Waals surface area (Å²) in [6, 6.07) is 9.69. The minimum atomic E-state index is -0.639. The zero-order valence-corrected chi connectivity index (χ0v) is 13.4. The largest absolute Gasteiger partial charge is 0.361 e. The van der Waals surface area contributed by atoms with E-state index in [1.54, 1.807) is 0 Å². The van der Waals surface area contributed by atoms with Crippen LogP contribution in [-0.2, 0) is 6.54 Å². The Hall–Kier alpha value is 0.211.